The molecule has 0 N–H and O–H groups in total. The Balaban J connectivity index is 1.66. The number of carbonyl (C=O) groups excluding carboxylic acids is 2. The van der Waals surface area contributed by atoms with Gasteiger partial charge in [-0.3, -0.25) is 4.79 Å². The van der Waals surface area contributed by atoms with Gasteiger partial charge in [-0.2, -0.15) is 0 Å². The number of rotatable bonds is 8. The number of furan rings is 1. The van der Waals surface area contributed by atoms with Crippen LogP contribution in [0.1, 0.15) is 21.7 Å². The zero-order valence-electron chi connectivity index (χ0n) is 16.6. The van der Waals surface area contributed by atoms with E-state index in [4.69, 9.17) is 18.6 Å². The number of amides is 1. The van der Waals surface area contributed by atoms with Gasteiger partial charge in [0.25, 0.3) is 5.91 Å². The van der Waals surface area contributed by atoms with E-state index in [0.717, 1.165) is 10.9 Å². The van der Waals surface area contributed by atoms with E-state index >= 15 is 0 Å². The second-order valence-corrected chi connectivity index (χ2v) is 6.48. The number of ether oxygens (including phenoxy) is 3. The summed E-state index contributed by atoms with van der Waals surface area (Å²) in [4.78, 5) is 26.4. The number of hydrogen-bond acceptors (Lipinski definition) is 6. The minimum Gasteiger partial charge on any atom is -0.496 e. The van der Waals surface area contributed by atoms with Gasteiger partial charge in [-0.25, -0.2) is 4.79 Å². The van der Waals surface area contributed by atoms with E-state index in [2.05, 4.69) is 0 Å². The molecule has 1 amide bonds. The monoisotopic (exact) mass is 397 g/mol. The molecule has 1 aromatic heterocycles. The maximum atomic E-state index is 12.5. The Morgan fingerprint density at radius 1 is 1.03 bits per heavy atom. The molecule has 0 bridgehead atoms. The molecule has 29 heavy (non-hydrogen) atoms. The summed E-state index contributed by atoms with van der Waals surface area (Å²) in [7, 11) is 4.75. The molecule has 0 aliphatic carbocycles. The molecule has 2 aromatic carbocycles. The number of hydrogen-bond donors (Lipinski definition) is 0. The topological polar surface area (TPSA) is 78.2 Å². The van der Waals surface area contributed by atoms with Gasteiger partial charge in [0.2, 0.25) is 5.76 Å². The van der Waals surface area contributed by atoms with Gasteiger partial charge in [-0.15, -0.1) is 0 Å². The van der Waals surface area contributed by atoms with Gasteiger partial charge in [-0.05, 0) is 12.1 Å². The van der Waals surface area contributed by atoms with Gasteiger partial charge in [-0.1, -0.05) is 36.4 Å². The molecule has 0 radical (unpaired) electrons. The van der Waals surface area contributed by atoms with E-state index < -0.39 is 12.6 Å². The maximum Gasteiger partial charge on any atom is 0.375 e. The second-order valence-electron chi connectivity index (χ2n) is 6.48. The van der Waals surface area contributed by atoms with E-state index in [1.165, 1.54) is 12.0 Å². The van der Waals surface area contributed by atoms with Crippen LogP contribution in [0.2, 0.25) is 0 Å². The molecular weight excluding hydrogens is 374 g/mol. The van der Waals surface area contributed by atoms with Crippen LogP contribution in [0.5, 0.6) is 5.75 Å². The first kappa shape index (κ1) is 20.4. The summed E-state index contributed by atoms with van der Waals surface area (Å²) < 4.78 is 21.3. The molecule has 0 saturated carbocycles. The van der Waals surface area contributed by atoms with Crippen molar-refractivity contribution in [2.24, 2.45) is 0 Å². The summed E-state index contributed by atoms with van der Waals surface area (Å²) in [5.41, 5.74) is 2.02. The summed E-state index contributed by atoms with van der Waals surface area (Å²) in [6.45, 7) is 0.136. The Morgan fingerprint density at radius 3 is 2.52 bits per heavy atom. The maximum absolute atomic E-state index is 12.5. The smallest absolute Gasteiger partial charge is 0.375 e. The number of benzene rings is 2. The van der Waals surface area contributed by atoms with Crippen molar-refractivity contribution in [3.63, 3.8) is 0 Å². The van der Waals surface area contributed by atoms with Gasteiger partial charge in [0, 0.05) is 37.2 Å². The molecule has 7 nitrogen and oxygen atoms in total. The summed E-state index contributed by atoms with van der Waals surface area (Å²) >= 11 is 0. The summed E-state index contributed by atoms with van der Waals surface area (Å²) in [5, 5.41) is 0.779. The standard InChI is InChI=1S/C22H23NO6/c1-23(12-15-8-4-6-10-18(15)27-3)20(24)14-28-22(25)21-17(13-26-2)16-9-5-7-11-19(16)29-21/h4-11H,12-14H2,1-3H3. The third kappa shape index (κ3) is 4.57. The first-order chi connectivity index (χ1) is 14.0. The molecule has 0 spiro atoms. The van der Waals surface area contributed by atoms with Crippen molar-refractivity contribution in [3.8, 4) is 5.75 Å². The van der Waals surface area contributed by atoms with Gasteiger partial charge >= 0.3 is 5.97 Å². The SMILES string of the molecule is COCc1c(C(=O)OCC(=O)N(C)Cc2ccccc2OC)oc2ccccc12. The molecular formula is C22H23NO6. The van der Waals surface area contributed by atoms with E-state index in [0.29, 0.717) is 23.4 Å². The van der Waals surface area contributed by atoms with Crippen LogP contribution in [-0.4, -0.2) is 44.7 Å². The predicted molar refractivity (Wildman–Crippen MR) is 107 cm³/mol. The molecule has 152 valence electrons. The molecule has 3 rings (SSSR count). The molecule has 0 unspecified atom stereocenters. The van der Waals surface area contributed by atoms with Crippen LogP contribution in [0, 0.1) is 0 Å². The fraction of sp³-hybridized carbons (Fsp3) is 0.273. The molecule has 0 aliphatic rings. The number of carbonyl (C=O) groups is 2. The number of esters is 1. The van der Waals surface area contributed by atoms with Crippen LogP contribution in [0.25, 0.3) is 11.0 Å². The van der Waals surface area contributed by atoms with Crippen LogP contribution in [0.15, 0.2) is 52.9 Å². The number of para-hydroxylation sites is 2. The van der Waals surface area contributed by atoms with Crippen molar-refractivity contribution in [2.45, 2.75) is 13.2 Å². The van der Waals surface area contributed by atoms with Crippen molar-refractivity contribution < 1.29 is 28.2 Å². The molecule has 7 heteroatoms. The van der Waals surface area contributed by atoms with Crippen molar-refractivity contribution in [3.05, 3.63) is 65.4 Å². The van der Waals surface area contributed by atoms with Gasteiger partial charge < -0.3 is 23.5 Å². The highest BCUT2D eigenvalue weighted by molar-refractivity contribution is 5.96. The Labute approximate surface area is 168 Å². The minimum absolute atomic E-state index is 0.0493. The van der Waals surface area contributed by atoms with Crippen LogP contribution in [0.3, 0.4) is 0 Å². The lowest BCUT2D eigenvalue weighted by molar-refractivity contribution is -0.133. The van der Waals surface area contributed by atoms with Crippen LogP contribution < -0.4 is 4.74 Å². The minimum atomic E-state index is -0.702. The van der Waals surface area contributed by atoms with Gasteiger partial charge in [0.05, 0.1) is 13.7 Å². The van der Waals surface area contributed by atoms with Crippen molar-refractivity contribution in [2.75, 3.05) is 27.9 Å². The number of methoxy groups -OCH3 is 2. The molecule has 0 saturated heterocycles. The van der Waals surface area contributed by atoms with Crippen LogP contribution in [-0.2, 0) is 27.4 Å². The highest BCUT2D eigenvalue weighted by Gasteiger charge is 2.23. The Hall–Kier alpha value is -3.32. The number of fused-ring (bicyclic) bond motifs is 1. The lowest BCUT2D eigenvalue weighted by atomic mass is 10.1. The molecule has 3 aromatic rings. The van der Waals surface area contributed by atoms with E-state index in [1.54, 1.807) is 20.2 Å². The quantitative estimate of drug-likeness (QED) is 0.542. The van der Waals surface area contributed by atoms with E-state index in [1.807, 2.05) is 42.5 Å². The van der Waals surface area contributed by atoms with Crippen LogP contribution in [0.4, 0.5) is 0 Å². The Kier molecular flexibility index (Phi) is 6.51. The zero-order chi connectivity index (χ0) is 20.8. The summed E-state index contributed by atoms with van der Waals surface area (Å²) in [6, 6.07) is 14.7. The Bertz CT molecular complexity index is 1010. The first-order valence-corrected chi connectivity index (χ1v) is 9.07. The van der Waals surface area contributed by atoms with Crippen molar-refractivity contribution >= 4 is 22.8 Å². The van der Waals surface area contributed by atoms with E-state index in [-0.39, 0.29) is 18.3 Å². The molecule has 1 heterocycles. The first-order valence-electron chi connectivity index (χ1n) is 9.07. The fourth-order valence-electron chi connectivity index (χ4n) is 3.03. The zero-order valence-corrected chi connectivity index (χ0v) is 16.6. The lowest BCUT2D eigenvalue weighted by Gasteiger charge is -2.18. The fourth-order valence-corrected chi connectivity index (χ4v) is 3.03. The Morgan fingerprint density at radius 2 is 1.76 bits per heavy atom. The average Bonchev–Trinajstić information content (AvgIpc) is 3.11. The highest BCUT2D eigenvalue weighted by Crippen LogP contribution is 2.27. The van der Waals surface area contributed by atoms with Crippen molar-refractivity contribution in [1.29, 1.82) is 0 Å². The molecule has 0 aliphatic heterocycles. The third-order valence-corrected chi connectivity index (χ3v) is 4.52. The van der Waals surface area contributed by atoms with Crippen molar-refractivity contribution in [1.82, 2.24) is 4.90 Å². The van der Waals surface area contributed by atoms with E-state index in [9.17, 15) is 9.59 Å². The van der Waals surface area contributed by atoms with Gasteiger partial charge in [0.15, 0.2) is 6.61 Å². The predicted octanol–water partition coefficient (Wildman–Crippen LogP) is 3.40. The summed E-state index contributed by atoms with van der Waals surface area (Å²) in [5.74, 6) is -0.301. The largest absolute Gasteiger partial charge is 0.496 e. The normalized spacial score (nSPS) is 10.7. The van der Waals surface area contributed by atoms with Gasteiger partial charge in [0.1, 0.15) is 11.3 Å². The van der Waals surface area contributed by atoms with Crippen LogP contribution >= 0.6 is 0 Å². The average molecular weight is 397 g/mol. The highest BCUT2D eigenvalue weighted by atomic mass is 16.5. The third-order valence-electron chi connectivity index (χ3n) is 4.52. The number of nitrogens with zero attached hydrogens (tertiary/aromatic N) is 1. The summed E-state index contributed by atoms with van der Waals surface area (Å²) in [6.07, 6.45) is 0. The molecule has 0 atom stereocenters. The second kappa shape index (κ2) is 9.25. The molecule has 0 fully saturated rings. The lowest BCUT2D eigenvalue weighted by Crippen LogP contribution is -2.31. The number of likely N-dealkylation sites (N-methyl/N-ethyl adjacent to an activating group) is 1.